The average molecular weight is 364 g/mol. The summed E-state index contributed by atoms with van der Waals surface area (Å²) in [4.78, 5) is 8.25. The summed E-state index contributed by atoms with van der Waals surface area (Å²) in [7, 11) is 0. The maximum absolute atomic E-state index is 13.4. The van der Waals surface area contributed by atoms with Crippen LogP contribution in [0.2, 0.25) is 5.15 Å². The second kappa shape index (κ2) is 7.26. The number of ether oxygens (including phenoxy) is 1. The lowest BCUT2D eigenvalue weighted by molar-refractivity contribution is -0.0835. The average Bonchev–Trinajstić information content (AvgIpc) is 2.54. The molecule has 0 spiro atoms. The van der Waals surface area contributed by atoms with Crippen molar-refractivity contribution in [2.24, 2.45) is 0 Å². The molecule has 1 aromatic heterocycles. The first kappa shape index (κ1) is 18.1. The number of halogens is 2. The van der Waals surface area contributed by atoms with Crippen LogP contribution in [0.5, 0.6) is 0 Å². The van der Waals surface area contributed by atoms with Gasteiger partial charge in [-0.2, -0.15) is 0 Å². The molecule has 1 saturated heterocycles. The summed E-state index contributed by atoms with van der Waals surface area (Å²) >= 11 is 5.88. The van der Waals surface area contributed by atoms with Crippen molar-refractivity contribution in [1.29, 1.82) is 0 Å². The summed E-state index contributed by atoms with van der Waals surface area (Å²) < 4.78 is 19.3. The highest BCUT2D eigenvalue weighted by Crippen LogP contribution is 2.44. The molecular formula is C19H23ClFN3O. The number of benzene rings is 1. The van der Waals surface area contributed by atoms with E-state index in [-0.39, 0.29) is 16.8 Å². The summed E-state index contributed by atoms with van der Waals surface area (Å²) in [5.74, 6) is 0.450. The molecule has 25 heavy (non-hydrogen) atoms. The van der Waals surface area contributed by atoms with Crippen LogP contribution < -0.4 is 5.32 Å². The minimum absolute atomic E-state index is 0.0611. The molecule has 3 rings (SSSR count). The van der Waals surface area contributed by atoms with E-state index in [4.69, 9.17) is 16.3 Å². The van der Waals surface area contributed by atoms with Gasteiger partial charge in [-0.1, -0.05) is 23.7 Å². The number of anilines is 1. The lowest BCUT2D eigenvalue weighted by Gasteiger charge is -2.45. The van der Waals surface area contributed by atoms with Gasteiger partial charge in [0.2, 0.25) is 0 Å². The second-order valence-corrected chi connectivity index (χ2v) is 7.61. The molecule has 1 aliphatic heterocycles. The second-order valence-electron chi connectivity index (χ2n) is 7.23. The van der Waals surface area contributed by atoms with Crippen molar-refractivity contribution in [2.45, 2.75) is 44.1 Å². The summed E-state index contributed by atoms with van der Waals surface area (Å²) in [5, 5.41) is 3.66. The number of nitrogens with one attached hydrogen (secondary N) is 1. The highest BCUT2D eigenvalue weighted by atomic mass is 35.5. The van der Waals surface area contributed by atoms with Gasteiger partial charge in [0.05, 0.1) is 18.0 Å². The summed E-state index contributed by atoms with van der Waals surface area (Å²) in [6, 6.07) is 6.87. The Balaban J connectivity index is 1.78. The van der Waals surface area contributed by atoms with E-state index < -0.39 is 0 Å². The van der Waals surface area contributed by atoms with Crippen LogP contribution in [-0.2, 0) is 10.2 Å². The Morgan fingerprint density at radius 3 is 2.68 bits per heavy atom. The molecule has 0 bridgehead atoms. The van der Waals surface area contributed by atoms with Gasteiger partial charge in [0, 0.05) is 18.6 Å². The number of nitrogens with zero attached hydrogens (tertiary/aromatic N) is 2. The number of hydrogen-bond acceptors (Lipinski definition) is 4. The number of rotatable bonds is 5. The van der Waals surface area contributed by atoms with E-state index in [1.54, 1.807) is 6.20 Å². The Hall–Kier alpha value is -1.72. The van der Waals surface area contributed by atoms with Crippen LogP contribution in [0.15, 0.2) is 36.7 Å². The molecule has 134 valence electrons. The molecule has 1 N–H and O–H groups in total. The largest absolute Gasteiger partial charge is 0.376 e. The third-order valence-electron chi connectivity index (χ3n) is 4.81. The van der Waals surface area contributed by atoms with Gasteiger partial charge in [-0.25, -0.2) is 9.37 Å². The van der Waals surface area contributed by atoms with Crippen LogP contribution in [-0.4, -0.2) is 28.7 Å². The fourth-order valence-corrected chi connectivity index (χ4v) is 3.89. The van der Waals surface area contributed by atoms with Crippen molar-refractivity contribution >= 4 is 17.4 Å². The zero-order valence-electron chi connectivity index (χ0n) is 14.6. The Morgan fingerprint density at radius 1 is 1.24 bits per heavy atom. The fourth-order valence-electron chi connectivity index (χ4n) is 3.74. The van der Waals surface area contributed by atoms with Gasteiger partial charge in [0.25, 0.3) is 0 Å². The van der Waals surface area contributed by atoms with Crippen LogP contribution in [0.4, 0.5) is 10.2 Å². The van der Waals surface area contributed by atoms with Crippen molar-refractivity contribution in [2.75, 3.05) is 18.5 Å². The SMILES string of the molecule is CC1(C)CC(CCNc2cncc(Cl)n2)(c2ccc(F)cc2)CCO1. The Morgan fingerprint density at radius 2 is 2.00 bits per heavy atom. The van der Waals surface area contributed by atoms with Gasteiger partial charge in [-0.3, -0.25) is 4.98 Å². The molecule has 1 atom stereocenters. The molecular weight excluding hydrogens is 341 g/mol. The van der Waals surface area contributed by atoms with Crippen LogP contribution in [0.1, 0.15) is 38.7 Å². The summed E-state index contributed by atoms with van der Waals surface area (Å²) in [5.41, 5.74) is 0.890. The third kappa shape index (κ3) is 4.47. The predicted octanol–water partition coefficient (Wildman–Crippen LogP) is 4.60. The first-order chi connectivity index (χ1) is 11.9. The molecule has 0 aliphatic carbocycles. The minimum Gasteiger partial charge on any atom is -0.376 e. The maximum Gasteiger partial charge on any atom is 0.149 e. The van der Waals surface area contributed by atoms with Gasteiger partial charge in [0.15, 0.2) is 0 Å². The normalized spacial score (nSPS) is 22.6. The van der Waals surface area contributed by atoms with E-state index in [1.807, 2.05) is 12.1 Å². The Bertz CT molecular complexity index is 723. The van der Waals surface area contributed by atoms with Crippen molar-refractivity contribution in [3.63, 3.8) is 0 Å². The van der Waals surface area contributed by atoms with Crippen molar-refractivity contribution < 1.29 is 9.13 Å². The van der Waals surface area contributed by atoms with E-state index in [9.17, 15) is 4.39 Å². The smallest absolute Gasteiger partial charge is 0.149 e. The summed E-state index contributed by atoms with van der Waals surface area (Å²) in [6.45, 7) is 5.64. The first-order valence-electron chi connectivity index (χ1n) is 8.50. The first-order valence-corrected chi connectivity index (χ1v) is 8.88. The molecule has 1 aliphatic rings. The zero-order valence-corrected chi connectivity index (χ0v) is 15.3. The molecule has 1 unspecified atom stereocenters. The van der Waals surface area contributed by atoms with E-state index in [1.165, 1.54) is 18.3 Å². The molecule has 6 heteroatoms. The van der Waals surface area contributed by atoms with Crippen LogP contribution in [0.3, 0.4) is 0 Å². The minimum atomic E-state index is -0.211. The molecule has 0 radical (unpaired) electrons. The fraction of sp³-hybridized carbons (Fsp3) is 0.474. The van der Waals surface area contributed by atoms with Crippen molar-refractivity contribution in [3.8, 4) is 0 Å². The van der Waals surface area contributed by atoms with E-state index >= 15 is 0 Å². The van der Waals surface area contributed by atoms with E-state index in [2.05, 4.69) is 29.1 Å². The molecule has 1 aromatic carbocycles. The van der Waals surface area contributed by atoms with E-state index in [0.29, 0.717) is 17.6 Å². The van der Waals surface area contributed by atoms with Crippen molar-refractivity contribution in [1.82, 2.24) is 9.97 Å². The van der Waals surface area contributed by atoms with Crippen molar-refractivity contribution in [3.05, 3.63) is 53.2 Å². The van der Waals surface area contributed by atoms with Gasteiger partial charge in [-0.05, 0) is 50.8 Å². The monoisotopic (exact) mass is 363 g/mol. The lowest BCUT2D eigenvalue weighted by atomic mass is 9.67. The lowest BCUT2D eigenvalue weighted by Crippen LogP contribution is -2.45. The maximum atomic E-state index is 13.4. The number of hydrogen-bond donors (Lipinski definition) is 1. The molecule has 4 nitrogen and oxygen atoms in total. The number of aromatic nitrogens is 2. The molecule has 2 heterocycles. The highest BCUT2D eigenvalue weighted by Gasteiger charge is 2.41. The van der Waals surface area contributed by atoms with Crippen LogP contribution in [0.25, 0.3) is 0 Å². The molecule has 0 saturated carbocycles. The Labute approximate surface area is 152 Å². The Kier molecular flexibility index (Phi) is 5.25. The topological polar surface area (TPSA) is 47.0 Å². The predicted molar refractivity (Wildman–Crippen MR) is 97.5 cm³/mol. The van der Waals surface area contributed by atoms with E-state index in [0.717, 1.165) is 31.4 Å². The quantitative estimate of drug-likeness (QED) is 0.843. The van der Waals surface area contributed by atoms with Gasteiger partial charge in [0.1, 0.15) is 16.8 Å². The third-order valence-corrected chi connectivity index (χ3v) is 4.99. The van der Waals surface area contributed by atoms with Crippen LogP contribution >= 0.6 is 11.6 Å². The van der Waals surface area contributed by atoms with Gasteiger partial charge < -0.3 is 10.1 Å². The summed E-state index contributed by atoms with van der Waals surface area (Å²) in [6.07, 6.45) is 5.84. The standard InChI is InChI=1S/C19H23ClFN3O/c1-18(2)13-19(8-10-25-18,14-3-5-15(21)6-4-14)7-9-23-17-12-22-11-16(20)24-17/h3-6,11-12H,7-10,13H2,1-2H3,(H,23,24). The zero-order chi connectivity index (χ0) is 17.9. The van der Waals surface area contributed by atoms with Crippen LogP contribution in [0, 0.1) is 5.82 Å². The van der Waals surface area contributed by atoms with Gasteiger partial charge in [-0.15, -0.1) is 0 Å². The van der Waals surface area contributed by atoms with Gasteiger partial charge >= 0.3 is 0 Å². The highest BCUT2D eigenvalue weighted by molar-refractivity contribution is 6.29. The molecule has 2 aromatic rings. The molecule has 1 fully saturated rings. The molecule has 0 amide bonds.